The van der Waals surface area contributed by atoms with E-state index in [1.54, 1.807) is 19.1 Å². The summed E-state index contributed by atoms with van der Waals surface area (Å²) in [4.78, 5) is 12.0. The van der Waals surface area contributed by atoms with E-state index in [-0.39, 0.29) is 23.3 Å². The van der Waals surface area contributed by atoms with Crippen LogP contribution in [0.3, 0.4) is 0 Å². The lowest BCUT2D eigenvalue weighted by atomic mass is 10.0. The minimum atomic E-state index is -0.386. The van der Waals surface area contributed by atoms with Gasteiger partial charge in [0.25, 0.3) is 0 Å². The highest BCUT2D eigenvalue weighted by Gasteiger charge is 2.21. The number of rotatable bonds is 5. The fourth-order valence-electron chi connectivity index (χ4n) is 1.43. The van der Waals surface area contributed by atoms with E-state index in [1.807, 2.05) is 20.8 Å². The summed E-state index contributed by atoms with van der Waals surface area (Å²) in [6, 6.07) is 4.19. The second-order valence-corrected chi connectivity index (χ2v) is 6.08. The average molecular weight is 331 g/mol. The summed E-state index contributed by atoms with van der Waals surface area (Å²) in [5.41, 5.74) is 0.473. The highest BCUT2D eigenvalue weighted by atomic mass is 79.9. The van der Waals surface area contributed by atoms with Gasteiger partial charge in [0.2, 0.25) is 5.91 Å². The van der Waals surface area contributed by atoms with Gasteiger partial charge in [0, 0.05) is 11.2 Å². The first kappa shape index (κ1) is 16.0. The molecule has 0 aliphatic rings. The van der Waals surface area contributed by atoms with E-state index in [2.05, 4.69) is 26.6 Å². The van der Waals surface area contributed by atoms with Crippen LogP contribution in [0.15, 0.2) is 22.7 Å². The zero-order valence-electron chi connectivity index (χ0n) is 11.7. The molecular formula is C14H20BrFN2O. The van der Waals surface area contributed by atoms with Crippen molar-refractivity contribution in [1.82, 2.24) is 5.32 Å². The Morgan fingerprint density at radius 1 is 1.47 bits per heavy atom. The number of amides is 1. The van der Waals surface area contributed by atoms with Gasteiger partial charge in [0.15, 0.2) is 0 Å². The van der Waals surface area contributed by atoms with Gasteiger partial charge >= 0.3 is 0 Å². The van der Waals surface area contributed by atoms with Crippen molar-refractivity contribution >= 4 is 27.5 Å². The predicted octanol–water partition coefficient (Wildman–Crippen LogP) is 3.69. The summed E-state index contributed by atoms with van der Waals surface area (Å²) in [5.74, 6) is -0.401. The first-order valence-corrected chi connectivity index (χ1v) is 7.08. The molecular weight excluding hydrogens is 311 g/mol. The molecule has 5 heteroatoms. The molecule has 106 valence electrons. The van der Waals surface area contributed by atoms with E-state index in [4.69, 9.17) is 0 Å². The summed E-state index contributed by atoms with van der Waals surface area (Å²) in [5, 5.41) is 6.01. The number of carbonyl (C=O) groups excluding carboxylic acids is 1. The highest BCUT2D eigenvalue weighted by Crippen LogP contribution is 2.20. The van der Waals surface area contributed by atoms with Crippen molar-refractivity contribution in [2.75, 3.05) is 5.32 Å². The third-order valence-corrected chi connectivity index (χ3v) is 3.65. The number of anilines is 1. The Bertz CT molecular complexity index is 463. The molecule has 1 atom stereocenters. The van der Waals surface area contributed by atoms with Crippen molar-refractivity contribution < 1.29 is 9.18 Å². The van der Waals surface area contributed by atoms with E-state index in [0.29, 0.717) is 10.2 Å². The third kappa shape index (κ3) is 4.82. The van der Waals surface area contributed by atoms with Crippen molar-refractivity contribution in [2.45, 2.75) is 45.7 Å². The first-order chi connectivity index (χ1) is 8.75. The molecule has 2 N–H and O–H groups in total. The van der Waals surface area contributed by atoms with Crippen LogP contribution in [0.4, 0.5) is 10.1 Å². The number of benzene rings is 1. The smallest absolute Gasteiger partial charge is 0.242 e. The summed E-state index contributed by atoms with van der Waals surface area (Å²) in [7, 11) is 0. The lowest BCUT2D eigenvalue weighted by Gasteiger charge is -2.27. The molecule has 19 heavy (non-hydrogen) atoms. The van der Waals surface area contributed by atoms with Crippen molar-refractivity contribution in [3.05, 3.63) is 28.5 Å². The second-order valence-electron chi connectivity index (χ2n) is 5.22. The van der Waals surface area contributed by atoms with Gasteiger partial charge in [0.1, 0.15) is 11.9 Å². The Morgan fingerprint density at radius 3 is 2.63 bits per heavy atom. The number of halogens is 2. The van der Waals surface area contributed by atoms with Crippen LogP contribution in [-0.2, 0) is 4.79 Å². The first-order valence-electron chi connectivity index (χ1n) is 6.29. The van der Waals surface area contributed by atoms with Crippen LogP contribution in [0.2, 0.25) is 0 Å². The average Bonchev–Trinajstić information content (AvgIpc) is 2.33. The maximum Gasteiger partial charge on any atom is 0.242 e. The molecule has 0 fully saturated rings. The van der Waals surface area contributed by atoms with E-state index in [1.165, 1.54) is 6.07 Å². The maximum absolute atomic E-state index is 13.1. The fourth-order valence-corrected chi connectivity index (χ4v) is 1.81. The van der Waals surface area contributed by atoms with Gasteiger partial charge in [-0.1, -0.05) is 6.92 Å². The molecule has 3 nitrogen and oxygen atoms in total. The molecule has 0 saturated carbocycles. The van der Waals surface area contributed by atoms with Gasteiger partial charge in [-0.3, -0.25) is 4.79 Å². The van der Waals surface area contributed by atoms with Crippen molar-refractivity contribution in [1.29, 1.82) is 0 Å². The van der Waals surface area contributed by atoms with Gasteiger partial charge in [-0.05, 0) is 61.3 Å². The molecule has 1 rings (SSSR count). The van der Waals surface area contributed by atoms with Gasteiger partial charge < -0.3 is 10.6 Å². The van der Waals surface area contributed by atoms with Crippen LogP contribution < -0.4 is 10.6 Å². The molecule has 1 amide bonds. The minimum absolute atomic E-state index is 0.0766. The maximum atomic E-state index is 13.1. The fraction of sp³-hybridized carbons (Fsp3) is 0.500. The summed E-state index contributed by atoms with van der Waals surface area (Å²) in [6.45, 7) is 7.76. The Balaban J connectivity index is 2.66. The molecule has 0 heterocycles. The lowest BCUT2D eigenvalue weighted by molar-refractivity contribution is -0.123. The molecule has 0 aliphatic heterocycles. The molecule has 1 aromatic rings. The number of hydrogen-bond acceptors (Lipinski definition) is 2. The lowest BCUT2D eigenvalue weighted by Crippen LogP contribution is -2.48. The molecule has 0 bridgehead atoms. The van der Waals surface area contributed by atoms with Gasteiger partial charge in [-0.2, -0.15) is 0 Å². The quantitative estimate of drug-likeness (QED) is 0.864. The summed E-state index contributed by atoms with van der Waals surface area (Å²) in [6.07, 6.45) is 0.855. The van der Waals surface area contributed by atoms with E-state index < -0.39 is 0 Å². The normalized spacial score (nSPS) is 12.9. The predicted molar refractivity (Wildman–Crippen MR) is 79.7 cm³/mol. The van der Waals surface area contributed by atoms with Gasteiger partial charge in [0.05, 0.1) is 4.47 Å². The van der Waals surface area contributed by atoms with Crippen LogP contribution in [0, 0.1) is 5.82 Å². The third-order valence-electron chi connectivity index (χ3n) is 3.04. The molecule has 0 radical (unpaired) electrons. The van der Waals surface area contributed by atoms with Crippen molar-refractivity contribution in [2.24, 2.45) is 0 Å². The zero-order chi connectivity index (χ0) is 14.6. The van der Waals surface area contributed by atoms with E-state index >= 15 is 0 Å². The number of nitrogens with one attached hydrogen (secondary N) is 2. The minimum Gasteiger partial charge on any atom is -0.374 e. The van der Waals surface area contributed by atoms with E-state index in [0.717, 1.165) is 6.42 Å². The van der Waals surface area contributed by atoms with E-state index in [9.17, 15) is 9.18 Å². The largest absolute Gasteiger partial charge is 0.374 e. The number of hydrogen-bond donors (Lipinski definition) is 2. The molecule has 0 saturated heterocycles. The summed E-state index contributed by atoms with van der Waals surface area (Å²) >= 11 is 3.12. The SMILES string of the molecule is CCC(C)(C)NC(=O)C(C)Nc1ccc(F)c(Br)c1. The van der Waals surface area contributed by atoms with Gasteiger partial charge in [-0.25, -0.2) is 4.39 Å². The molecule has 1 aromatic carbocycles. The second kappa shape index (κ2) is 6.37. The molecule has 0 spiro atoms. The zero-order valence-corrected chi connectivity index (χ0v) is 13.3. The monoisotopic (exact) mass is 330 g/mol. The van der Waals surface area contributed by atoms with Crippen LogP contribution in [0.25, 0.3) is 0 Å². The number of carbonyl (C=O) groups is 1. The molecule has 0 aliphatic carbocycles. The Labute approximate surface area is 122 Å². The Kier molecular flexibility index (Phi) is 5.35. The summed E-state index contributed by atoms with van der Waals surface area (Å²) < 4.78 is 13.5. The molecule has 0 aromatic heterocycles. The van der Waals surface area contributed by atoms with Crippen molar-refractivity contribution in [3.63, 3.8) is 0 Å². The standard InChI is InChI=1S/C14H20BrFN2O/c1-5-14(3,4)18-13(19)9(2)17-10-6-7-12(16)11(15)8-10/h6-9,17H,5H2,1-4H3,(H,18,19). The van der Waals surface area contributed by atoms with Crippen LogP contribution in [0.5, 0.6) is 0 Å². The van der Waals surface area contributed by atoms with Crippen molar-refractivity contribution in [3.8, 4) is 0 Å². The molecule has 1 unspecified atom stereocenters. The van der Waals surface area contributed by atoms with Crippen LogP contribution in [0.1, 0.15) is 34.1 Å². The van der Waals surface area contributed by atoms with Crippen LogP contribution in [-0.4, -0.2) is 17.5 Å². The van der Waals surface area contributed by atoms with Crippen LogP contribution >= 0.6 is 15.9 Å². The highest BCUT2D eigenvalue weighted by molar-refractivity contribution is 9.10. The Hall–Kier alpha value is -1.10. The van der Waals surface area contributed by atoms with Gasteiger partial charge in [-0.15, -0.1) is 0 Å². The Morgan fingerprint density at radius 2 is 2.11 bits per heavy atom. The topological polar surface area (TPSA) is 41.1 Å².